The zero-order valence-electron chi connectivity index (χ0n) is 12.7. The minimum Gasteiger partial charge on any atom is -0.330 e. The molecule has 0 amide bonds. The van der Waals surface area contributed by atoms with Crippen LogP contribution in [0.15, 0.2) is 18.5 Å². The Kier molecular flexibility index (Phi) is 4.10. The molecule has 0 aliphatic carbocycles. The topological polar surface area (TPSA) is 53.6 Å². The predicted octanol–water partition coefficient (Wildman–Crippen LogP) is 2.94. The highest BCUT2D eigenvalue weighted by molar-refractivity contribution is 5.77. The number of aromatic nitrogens is 2. The monoisotopic (exact) mass is 270 g/mol. The van der Waals surface area contributed by atoms with Crippen molar-refractivity contribution in [2.24, 2.45) is 0 Å². The number of hydrogen-bond acceptors (Lipinski definition) is 3. The van der Waals surface area contributed by atoms with E-state index >= 15 is 0 Å². The predicted molar refractivity (Wildman–Crippen MR) is 81.5 cm³/mol. The molecule has 0 aliphatic heterocycles. The maximum atomic E-state index is 9.30. The van der Waals surface area contributed by atoms with E-state index in [1.54, 1.807) is 0 Å². The van der Waals surface area contributed by atoms with Gasteiger partial charge in [-0.2, -0.15) is 5.26 Å². The summed E-state index contributed by atoms with van der Waals surface area (Å²) in [5.41, 5.74) is 4.22. The third-order valence-corrected chi connectivity index (χ3v) is 3.90. The second-order valence-corrected chi connectivity index (χ2v) is 5.59. The molecule has 0 bridgehead atoms. The fourth-order valence-electron chi connectivity index (χ4n) is 2.41. The Morgan fingerprint density at radius 3 is 2.70 bits per heavy atom. The second-order valence-electron chi connectivity index (χ2n) is 5.59. The van der Waals surface area contributed by atoms with Gasteiger partial charge >= 0.3 is 0 Å². The molecule has 0 spiro atoms. The third kappa shape index (κ3) is 2.83. The van der Waals surface area contributed by atoms with Crippen molar-refractivity contribution in [2.45, 2.75) is 46.2 Å². The molecule has 20 heavy (non-hydrogen) atoms. The van der Waals surface area contributed by atoms with Crippen LogP contribution in [0.25, 0.3) is 11.0 Å². The average Bonchev–Trinajstić information content (AvgIpc) is 2.80. The minimum absolute atomic E-state index is 0.481. The Balaban J connectivity index is 2.23. The lowest BCUT2D eigenvalue weighted by atomic mass is 10.00. The Morgan fingerprint density at radius 2 is 2.05 bits per heavy atom. The lowest BCUT2D eigenvalue weighted by Crippen LogP contribution is -2.41. The Morgan fingerprint density at radius 1 is 1.35 bits per heavy atom. The Bertz CT molecular complexity index is 650. The highest BCUT2D eigenvalue weighted by Gasteiger charge is 2.22. The van der Waals surface area contributed by atoms with E-state index in [9.17, 15) is 5.26 Å². The van der Waals surface area contributed by atoms with Gasteiger partial charge < -0.3 is 4.57 Å². The molecule has 0 fully saturated rings. The highest BCUT2D eigenvalue weighted by Crippen LogP contribution is 2.20. The number of nitrogens with zero attached hydrogens (tertiary/aromatic N) is 3. The molecule has 1 heterocycles. The molecule has 4 heteroatoms. The van der Waals surface area contributed by atoms with Crippen LogP contribution in [0.1, 0.15) is 31.4 Å². The quantitative estimate of drug-likeness (QED) is 0.908. The number of hydrogen-bond donors (Lipinski definition) is 1. The molecule has 1 aromatic carbocycles. The van der Waals surface area contributed by atoms with Crippen LogP contribution in [0.2, 0.25) is 0 Å². The first-order valence-electron chi connectivity index (χ1n) is 7.07. The summed E-state index contributed by atoms with van der Waals surface area (Å²) in [5, 5.41) is 12.5. The van der Waals surface area contributed by atoms with Crippen molar-refractivity contribution < 1.29 is 0 Å². The summed E-state index contributed by atoms with van der Waals surface area (Å²) in [6.45, 7) is 9.78. The van der Waals surface area contributed by atoms with Crippen molar-refractivity contribution in [3.63, 3.8) is 0 Å². The van der Waals surface area contributed by atoms with Crippen molar-refractivity contribution in [2.75, 3.05) is 6.54 Å². The molecule has 106 valence electrons. The number of fused-ring (bicyclic) bond motifs is 1. The van der Waals surface area contributed by atoms with E-state index in [2.05, 4.69) is 46.9 Å². The van der Waals surface area contributed by atoms with E-state index in [0.717, 1.165) is 30.5 Å². The van der Waals surface area contributed by atoms with E-state index in [1.807, 2.05) is 20.2 Å². The first-order chi connectivity index (χ1) is 9.49. The van der Waals surface area contributed by atoms with Gasteiger partial charge in [-0.05, 0) is 57.0 Å². The maximum Gasteiger partial charge on any atom is 0.105 e. The maximum absolute atomic E-state index is 9.30. The zero-order chi connectivity index (χ0) is 14.8. The van der Waals surface area contributed by atoms with Crippen LogP contribution in [-0.2, 0) is 6.54 Å². The highest BCUT2D eigenvalue weighted by atomic mass is 15.1. The van der Waals surface area contributed by atoms with Crippen LogP contribution in [0.3, 0.4) is 0 Å². The minimum atomic E-state index is -0.481. The van der Waals surface area contributed by atoms with Crippen LogP contribution in [0, 0.1) is 25.2 Å². The SMILES string of the molecule is CCNC(C)(C#N)CCn1cnc2cc(C)c(C)cc21. The van der Waals surface area contributed by atoms with Crippen LogP contribution in [0.4, 0.5) is 0 Å². The molecule has 1 unspecified atom stereocenters. The average molecular weight is 270 g/mol. The zero-order valence-corrected chi connectivity index (χ0v) is 12.7. The molecule has 1 aromatic heterocycles. The third-order valence-electron chi connectivity index (χ3n) is 3.90. The molecular weight excluding hydrogens is 248 g/mol. The summed E-state index contributed by atoms with van der Waals surface area (Å²) in [5.74, 6) is 0. The largest absolute Gasteiger partial charge is 0.330 e. The molecule has 2 aromatic rings. The van der Waals surface area contributed by atoms with Crippen molar-refractivity contribution in [1.29, 1.82) is 5.26 Å². The van der Waals surface area contributed by atoms with Gasteiger partial charge in [-0.1, -0.05) is 6.92 Å². The van der Waals surface area contributed by atoms with Crippen LogP contribution >= 0.6 is 0 Å². The molecule has 1 atom stereocenters. The second kappa shape index (κ2) is 5.64. The molecule has 4 nitrogen and oxygen atoms in total. The Labute approximate surface area is 120 Å². The van der Waals surface area contributed by atoms with Crippen molar-refractivity contribution in [3.05, 3.63) is 29.6 Å². The summed E-state index contributed by atoms with van der Waals surface area (Å²) in [6.07, 6.45) is 2.63. The summed E-state index contributed by atoms with van der Waals surface area (Å²) < 4.78 is 2.13. The molecular formula is C16H22N4. The number of benzene rings is 1. The molecule has 0 radical (unpaired) electrons. The van der Waals surface area contributed by atoms with Gasteiger partial charge in [0.1, 0.15) is 5.54 Å². The Hall–Kier alpha value is -1.86. The molecule has 0 saturated heterocycles. The summed E-state index contributed by atoms with van der Waals surface area (Å²) >= 11 is 0. The van der Waals surface area contributed by atoms with Crippen LogP contribution in [-0.4, -0.2) is 21.6 Å². The number of rotatable bonds is 5. The van der Waals surface area contributed by atoms with Gasteiger partial charge in [-0.25, -0.2) is 4.98 Å². The fraction of sp³-hybridized carbons (Fsp3) is 0.500. The molecule has 2 rings (SSSR count). The summed E-state index contributed by atoms with van der Waals surface area (Å²) in [6, 6.07) is 6.66. The first-order valence-corrected chi connectivity index (χ1v) is 7.07. The number of nitriles is 1. The van der Waals surface area contributed by atoms with Gasteiger partial charge in [0.15, 0.2) is 0 Å². The lowest BCUT2D eigenvalue weighted by molar-refractivity contribution is 0.404. The van der Waals surface area contributed by atoms with Gasteiger partial charge in [0.05, 0.1) is 23.4 Å². The van der Waals surface area contributed by atoms with Crippen molar-refractivity contribution in [1.82, 2.24) is 14.9 Å². The van der Waals surface area contributed by atoms with Gasteiger partial charge in [-0.15, -0.1) is 0 Å². The van der Waals surface area contributed by atoms with E-state index in [4.69, 9.17) is 0 Å². The summed E-state index contributed by atoms with van der Waals surface area (Å²) in [4.78, 5) is 4.45. The number of imidazole rings is 1. The van der Waals surface area contributed by atoms with Gasteiger partial charge in [0, 0.05) is 6.54 Å². The molecule has 0 saturated carbocycles. The van der Waals surface area contributed by atoms with Crippen molar-refractivity contribution >= 4 is 11.0 Å². The summed E-state index contributed by atoms with van der Waals surface area (Å²) in [7, 11) is 0. The normalized spacial score (nSPS) is 14.2. The van der Waals surface area contributed by atoms with Crippen molar-refractivity contribution in [3.8, 4) is 6.07 Å². The van der Waals surface area contributed by atoms with E-state index in [1.165, 1.54) is 11.1 Å². The first kappa shape index (κ1) is 14.5. The number of aryl methyl sites for hydroxylation is 3. The van der Waals surface area contributed by atoms with Gasteiger partial charge in [0.25, 0.3) is 0 Å². The standard InChI is InChI=1S/C16H22N4/c1-5-19-16(4,10-17)6-7-20-11-18-14-8-12(2)13(3)9-15(14)20/h8-9,11,19H,5-7H2,1-4H3. The van der Waals surface area contributed by atoms with E-state index < -0.39 is 5.54 Å². The molecule has 0 aliphatic rings. The van der Waals surface area contributed by atoms with Gasteiger partial charge in [0.2, 0.25) is 0 Å². The number of nitrogens with one attached hydrogen (secondary N) is 1. The van der Waals surface area contributed by atoms with E-state index in [0.29, 0.717) is 0 Å². The smallest absolute Gasteiger partial charge is 0.105 e. The van der Waals surface area contributed by atoms with Crippen LogP contribution in [0.5, 0.6) is 0 Å². The molecule has 1 N–H and O–H groups in total. The van der Waals surface area contributed by atoms with Crippen LogP contribution < -0.4 is 5.32 Å². The van der Waals surface area contributed by atoms with Gasteiger partial charge in [-0.3, -0.25) is 5.32 Å². The van der Waals surface area contributed by atoms with E-state index in [-0.39, 0.29) is 0 Å². The fourth-order valence-corrected chi connectivity index (χ4v) is 2.41. The lowest BCUT2D eigenvalue weighted by Gasteiger charge is -2.22.